The van der Waals surface area contributed by atoms with E-state index in [1.165, 1.54) is 12.2 Å². The Morgan fingerprint density at radius 3 is 1.70 bits per heavy atom. The molecule has 0 aliphatic carbocycles. The number of carbonyl (C=O) groups excluding carboxylic acids is 4. The quantitative estimate of drug-likeness (QED) is 0.122. The van der Waals surface area contributed by atoms with Gasteiger partial charge in [0, 0.05) is 38.3 Å². The van der Waals surface area contributed by atoms with E-state index in [0.29, 0.717) is 98.9 Å². The number of hydrogen-bond acceptors (Lipinski definition) is 12. The molecule has 0 unspecified atom stereocenters. The maximum absolute atomic E-state index is 12.7. The first kappa shape index (κ1) is 36.7. The van der Waals surface area contributed by atoms with Crippen LogP contribution in [0.1, 0.15) is 27.2 Å². The highest BCUT2D eigenvalue weighted by atomic mass is 16.6. The Morgan fingerprint density at radius 1 is 0.721 bits per heavy atom. The highest BCUT2D eigenvalue weighted by molar-refractivity contribution is 6.12. The zero-order valence-electron chi connectivity index (χ0n) is 25.9. The molecule has 0 spiro atoms. The minimum Gasteiger partial charge on any atom is -0.459 e. The number of ether oxygens (including phenoxy) is 7. The van der Waals surface area contributed by atoms with Crippen LogP contribution < -0.4 is 0 Å². The number of hydrogen-bond donors (Lipinski definition) is 0. The van der Waals surface area contributed by atoms with Crippen molar-refractivity contribution >= 4 is 23.7 Å². The first-order valence-electron chi connectivity index (χ1n) is 14.9. The third-order valence-corrected chi connectivity index (χ3v) is 6.18. The zero-order valence-corrected chi connectivity index (χ0v) is 25.9. The van der Waals surface area contributed by atoms with Crippen LogP contribution in [0, 0.1) is 0 Å². The van der Waals surface area contributed by atoms with Gasteiger partial charge in [-0.05, 0) is 20.8 Å². The summed E-state index contributed by atoms with van der Waals surface area (Å²) in [5, 5.41) is 0. The van der Waals surface area contributed by atoms with Crippen molar-refractivity contribution in [2.24, 2.45) is 0 Å². The number of esters is 1. The van der Waals surface area contributed by atoms with Gasteiger partial charge in [-0.1, -0.05) is 0 Å². The van der Waals surface area contributed by atoms with Gasteiger partial charge in [0.2, 0.25) is 5.91 Å². The topological polar surface area (TPSA) is 143 Å². The van der Waals surface area contributed by atoms with Crippen LogP contribution in [-0.2, 0) is 52.3 Å². The number of carbonyl (C=O) groups is 4. The molecule has 0 atom stereocenters. The molecule has 0 aromatic rings. The molecule has 43 heavy (non-hydrogen) atoms. The van der Waals surface area contributed by atoms with E-state index in [2.05, 4.69) is 0 Å². The second kappa shape index (κ2) is 21.3. The SMILES string of the molecule is CC(C)(C)OC(=O)CN1CCOCCN(C(=O)CCOCCOCCOCCOCCN2C(=O)C=CC2=O)CCOCC1. The predicted octanol–water partition coefficient (Wildman–Crippen LogP) is -0.113. The molecule has 0 saturated carbocycles. The van der Waals surface area contributed by atoms with Gasteiger partial charge in [-0.15, -0.1) is 0 Å². The van der Waals surface area contributed by atoms with Gasteiger partial charge in [0.25, 0.3) is 11.8 Å². The molecule has 2 aliphatic heterocycles. The summed E-state index contributed by atoms with van der Waals surface area (Å²) >= 11 is 0. The van der Waals surface area contributed by atoms with Crippen molar-refractivity contribution in [2.45, 2.75) is 32.8 Å². The average molecular weight is 616 g/mol. The van der Waals surface area contributed by atoms with E-state index in [1.54, 1.807) is 4.90 Å². The second-order valence-electron chi connectivity index (χ2n) is 10.8. The van der Waals surface area contributed by atoms with Gasteiger partial charge >= 0.3 is 5.97 Å². The molecule has 0 aromatic heterocycles. The molecule has 2 rings (SSSR count). The third kappa shape index (κ3) is 17.4. The minimum absolute atomic E-state index is 0.0253. The van der Waals surface area contributed by atoms with Crippen molar-refractivity contribution in [3.63, 3.8) is 0 Å². The molecule has 3 amide bonds. The summed E-state index contributed by atoms with van der Waals surface area (Å²) in [5.74, 6) is -0.941. The van der Waals surface area contributed by atoms with Crippen molar-refractivity contribution in [1.29, 1.82) is 0 Å². The van der Waals surface area contributed by atoms with Crippen LogP contribution >= 0.6 is 0 Å². The number of nitrogens with zero attached hydrogens (tertiary/aromatic N) is 3. The number of amides is 3. The molecule has 14 nitrogen and oxygen atoms in total. The lowest BCUT2D eigenvalue weighted by Crippen LogP contribution is -2.41. The smallest absolute Gasteiger partial charge is 0.320 e. The maximum atomic E-state index is 12.7. The highest BCUT2D eigenvalue weighted by Gasteiger charge is 2.22. The summed E-state index contributed by atoms with van der Waals surface area (Å²) in [6, 6.07) is 0. The van der Waals surface area contributed by atoms with E-state index in [4.69, 9.17) is 33.2 Å². The highest BCUT2D eigenvalue weighted by Crippen LogP contribution is 2.08. The Hall–Kier alpha value is -2.46. The van der Waals surface area contributed by atoms with Crippen molar-refractivity contribution in [3.8, 4) is 0 Å². The van der Waals surface area contributed by atoms with Gasteiger partial charge in [0.15, 0.2) is 0 Å². The lowest BCUT2D eigenvalue weighted by molar-refractivity contribution is -0.156. The standard InChI is InChI=1S/C29H49N3O11/c1-29(2,3)43-28(36)24-30-7-13-38-15-9-31(10-16-39-14-8-30)25(33)6-12-37-18-20-41-22-23-42-21-19-40-17-11-32-26(34)4-5-27(32)35/h4-5H,6-24H2,1-3H3. The van der Waals surface area contributed by atoms with Crippen LogP contribution in [0.15, 0.2) is 12.2 Å². The lowest BCUT2D eigenvalue weighted by atomic mass is 10.2. The summed E-state index contributed by atoms with van der Waals surface area (Å²) in [5.41, 5.74) is -0.526. The summed E-state index contributed by atoms with van der Waals surface area (Å²) in [7, 11) is 0. The van der Waals surface area contributed by atoms with Crippen molar-refractivity contribution in [2.75, 3.05) is 119 Å². The lowest BCUT2D eigenvalue weighted by Gasteiger charge is -2.27. The van der Waals surface area contributed by atoms with Crippen molar-refractivity contribution in [1.82, 2.24) is 14.7 Å². The van der Waals surface area contributed by atoms with E-state index >= 15 is 0 Å². The molecule has 2 aliphatic rings. The fourth-order valence-corrected chi connectivity index (χ4v) is 4.02. The molecule has 1 saturated heterocycles. The van der Waals surface area contributed by atoms with Crippen LogP contribution in [0.3, 0.4) is 0 Å². The Bertz CT molecular complexity index is 846. The largest absolute Gasteiger partial charge is 0.459 e. The van der Waals surface area contributed by atoms with E-state index < -0.39 is 5.60 Å². The third-order valence-electron chi connectivity index (χ3n) is 6.18. The van der Waals surface area contributed by atoms with Crippen LogP contribution in [-0.4, -0.2) is 163 Å². The molecule has 2 heterocycles. The Balaban J connectivity index is 1.44. The summed E-state index contributed by atoms with van der Waals surface area (Å²) in [6.07, 6.45) is 2.74. The Morgan fingerprint density at radius 2 is 1.19 bits per heavy atom. The summed E-state index contributed by atoms with van der Waals surface area (Å²) < 4.78 is 38.7. The van der Waals surface area contributed by atoms with Gasteiger partial charge in [-0.3, -0.25) is 29.0 Å². The van der Waals surface area contributed by atoms with Gasteiger partial charge in [-0.25, -0.2) is 0 Å². The van der Waals surface area contributed by atoms with Crippen LogP contribution in [0.4, 0.5) is 0 Å². The molecule has 14 heteroatoms. The minimum atomic E-state index is -0.526. The Labute approximate surface area is 254 Å². The summed E-state index contributed by atoms with van der Waals surface area (Å²) in [4.78, 5) is 52.5. The fourth-order valence-electron chi connectivity index (χ4n) is 4.02. The number of rotatable bonds is 17. The summed E-state index contributed by atoms with van der Waals surface area (Å²) in [6.45, 7) is 12.5. The average Bonchev–Trinajstić information content (AvgIpc) is 3.25. The van der Waals surface area contributed by atoms with E-state index in [-0.39, 0.29) is 49.8 Å². The first-order valence-corrected chi connectivity index (χ1v) is 14.9. The molecule has 0 radical (unpaired) electrons. The molecule has 0 bridgehead atoms. The second-order valence-corrected chi connectivity index (χ2v) is 10.8. The molecule has 246 valence electrons. The van der Waals surface area contributed by atoms with Crippen molar-refractivity contribution < 1.29 is 52.3 Å². The predicted molar refractivity (Wildman–Crippen MR) is 154 cm³/mol. The zero-order chi connectivity index (χ0) is 31.3. The van der Waals surface area contributed by atoms with E-state index in [0.717, 1.165) is 4.90 Å². The van der Waals surface area contributed by atoms with E-state index in [9.17, 15) is 19.2 Å². The molecule has 1 fully saturated rings. The Kier molecular flexibility index (Phi) is 18.2. The van der Waals surface area contributed by atoms with Crippen LogP contribution in [0.5, 0.6) is 0 Å². The van der Waals surface area contributed by atoms with Gasteiger partial charge in [0.05, 0.1) is 98.8 Å². The fraction of sp³-hybridized carbons (Fsp3) is 0.793. The van der Waals surface area contributed by atoms with Crippen LogP contribution in [0.2, 0.25) is 0 Å². The first-order chi connectivity index (χ1) is 20.7. The van der Waals surface area contributed by atoms with Gasteiger partial charge < -0.3 is 38.1 Å². The monoisotopic (exact) mass is 615 g/mol. The molecule has 0 N–H and O–H groups in total. The maximum Gasteiger partial charge on any atom is 0.320 e. The van der Waals surface area contributed by atoms with E-state index in [1.807, 2.05) is 25.7 Å². The number of imide groups is 1. The molecule has 0 aromatic carbocycles. The normalized spacial score (nSPS) is 17.7. The van der Waals surface area contributed by atoms with Crippen LogP contribution in [0.25, 0.3) is 0 Å². The van der Waals surface area contributed by atoms with Gasteiger partial charge in [0.1, 0.15) is 5.60 Å². The van der Waals surface area contributed by atoms with Crippen molar-refractivity contribution in [3.05, 3.63) is 12.2 Å². The molecular formula is C29H49N3O11. The van der Waals surface area contributed by atoms with Gasteiger partial charge in [-0.2, -0.15) is 0 Å². The molecular weight excluding hydrogens is 566 g/mol.